The van der Waals surface area contributed by atoms with Crippen LogP contribution >= 0.6 is 39.1 Å². The van der Waals surface area contributed by atoms with Crippen LogP contribution in [0.1, 0.15) is 10.4 Å². The van der Waals surface area contributed by atoms with Crippen molar-refractivity contribution in [2.75, 3.05) is 26.9 Å². The standard InChI is InChI=1S/C18H15BrCl2O6/c1-24-5-6-25-18(23)11-3-2-4-13(7-11)27-16(22)10-26-17-14(19)8-12(20)9-15(17)21/h2-4,7-9H,5-6,10H2,1H3. The monoisotopic (exact) mass is 476 g/mol. The van der Waals surface area contributed by atoms with Gasteiger partial charge in [0.15, 0.2) is 12.4 Å². The molecule has 0 atom stereocenters. The van der Waals surface area contributed by atoms with E-state index >= 15 is 0 Å². The van der Waals surface area contributed by atoms with Crippen LogP contribution in [0.3, 0.4) is 0 Å². The van der Waals surface area contributed by atoms with Crippen molar-refractivity contribution in [1.29, 1.82) is 0 Å². The van der Waals surface area contributed by atoms with Crippen molar-refractivity contribution >= 4 is 51.1 Å². The fraction of sp³-hybridized carbons (Fsp3) is 0.222. The van der Waals surface area contributed by atoms with Crippen molar-refractivity contribution in [1.82, 2.24) is 0 Å². The van der Waals surface area contributed by atoms with Crippen LogP contribution in [-0.4, -0.2) is 38.9 Å². The van der Waals surface area contributed by atoms with Crippen molar-refractivity contribution in [3.63, 3.8) is 0 Å². The predicted molar refractivity (Wildman–Crippen MR) is 104 cm³/mol. The Bertz CT molecular complexity index is 804. The van der Waals surface area contributed by atoms with E-state index in [0.29, 0.717) is 16.1 Å². The zero-order valence-corrected chi connectivity index (χ0v) is 17.3. The third-order valence-corrected chi connectivity index (χ3v) is 4.21. The molecule has 2 aromatic carbocycles. The van der Waals surface area contributed by atoms with E-state index in [1.807, 2.05) is 0 Å². The molecule has 0 aliphatic carbocycles. The van der Waals surface area contributed by atoms with Gasteiger partial charge in [0.25, 0.3) is 0 Å². The Labute approximate surface area is 174 Å². The minimum Gasteiger partial charge on any atom is -0.479 e. The van der Waals surface area contributed by atoms with Gasteiger partial charge in [-0.05, 0) is 46.3 Å². The molecule has 2 aromatic rings. The minimum atomic E-state index is -0.669. The lowest BCUT2D eigenvalue weighted by molar-refractivity contribution is -0.136. The van der Waals surface area contributed by atoms with Crippen LogP contribution in [0.5, 0.6) is 11.5 Å². The Hall–Kier alpha value is -1.80. The van der Waals surface area contributed by atoms with Crippen LogP contribution in [-0.2, 0) is 14.3 Å². The molecule has 0 radical (unpaired) electrons. The van der Waals surface area contributed by atoms with E-state index in [9.17, 15) is 9.59 Å². The molecule has 0 aliphatic heterocycles. The topological polar surface area (TPSA) is 71.1 Å². The normalized spacial score (nSPS) is 10.4. The van der Waals surface area contributed by atoms with Gasteiger partial charge in [0.05, 0.1) is 21.7 Å². The van der Waals surface area contributed by atoms with Crippen molar-refractivity contribution < 1.29 is 28.5 Å². The molecule has 27 heavy (non-hydrogen) atoms. The van der Waals surface area contributed by atoms with E-state index in [-0.39, 0.29) is 35.3 Å². The van der Waals surface area contributed by atoms with Crippen LogP contribution in [0.2, 0.25) is 10.0 Å². The van der Waals surface area contributed by atoms with Crippen LogP contribution < -0.4 is 9.47 Å². The third-order valence-electron chi connectivity index (χ3n) is 3.12. The van der Waals surface area contributed by atoms with E-state index in [1.54, 1.807) is 18.2 Å². The summed E-state index contributed by atoms with van der Waals surface area (Å²) >= 11 is 15.2. The molecule has 0 heterocycles. The lowest BCUT2D eigenvalue weighted by atomic mass is 10.2. The number of ether oxygens (including phenoxy) is 4. The fourth-order valence-corrected chi connectivity index (χ4v) is 3.32. The molecule has 0 aliphatic rings. The lowest BCUT2D eigenvalue weighted by Crippen LogP contribution is -2.18. The SMILES string of the molecule is COCCOC(=O)c1cccc(OC(=O)COc2c(Cl)cc(Cl)cc2Br)c1. The van der Waals surface area contributed by atoms with E-state index in [1.165, 1.54) is 25.3 Å². The average molecular weight is 478 g/mol. The molecule has 0 aromatic heterocycles. The summed E-state index contributed by atoms with van der Waals surface area (Å²) in [5.74, 6) is -0.754. The second kappa shape index (κ2) is 10.5. The highest BCUT2D eigenvalue weighted by Gasteiger charge is 2.14. The predicted octanol–water partition coefficient (Wildman–Crippen LogP) is 4.54. The summed E-state index contributed by atoms with van der Waals surface area (Å²) in [5.41, 5.74) is 0.251. The number of hydrogen-bond donors (Lipinski definition) is 0. The average Bonchev–Trinajstić information content (AvgIpc) is 2.61. The molecule has 0 amide bonds. The van der Waals surface area contributed by atoms with Gasteiger partial charge in [-0.25, -0.2) is 9.59 Å². The Balaban J connectivity index is 1.94. The highest BCUT2D eigenvalue weighted by molar-refractivity contribution is 9.10. The molecular weight excluding hydrogens is 463 g/mol. The number of methoxy groups -OCH3 is 1. The molecule has 0 unspecified atom stereocenters. The highest BCUT2D eigenvalue weighted by atomic mass is 79.9. The molecule has 0 saturated carbocycles. The van der Waals surface area contributed by atoms with Crippen LogP contribution in [0, 0.1) is 0 Å². The maximum absolute atomic E-state index is 12.0. The zero-order chi connectivity index (χ0) is 19.8. The van der Waals surface area contributed by atoms with E-state index in [2.05, 4.69) is 15.9 Å². The molecule has 0 N–H and O–H groups in total. The van der Waals surface area contributed by atoms with Gasteiger partial charge < -0.3 is 18.9 Å². The van der Waals surface area contributed by atoms with Gasteiger partial charge in [-0.2, -0.15) is 0 Å². The Kier molecular flexibility index (Phi) is 8.37. The van der Waals surface area contributed by atoms with Gasteiger partial charge in [0.2, 0.25) is 0 Å². The first-order valence-electron chi connectivity index (χ1n) is 7.65. The first kappa shape index (κ1) is 21.5. The maximum Gasteiger partial charge on any atom is 0.349 e. The van der Waals surface area contributed by atoms with Crippen molar-refractivity contribution in [3.8, 4) is 11.5 Å². The second-order valence-corrected chi connectivity index (χ2v) is 6.82. The quantitative estimate of drug-likeness (QED) is 0.315. The summed E-state index contributed by atoms with van der Waals surface area (Å²) in [7, 11) is 1.51. The first-order valence-corrected chi connectivity index (χ1v) is 9.19. The van der Waals surface area contributed by atoms with E-state index < -0.39 is 11.9 Å². The number of benzene rings is 2. The Morgan fingerprint density at radius 3 is 2.59 bits per heavy atom. The van der Waals surface area contributed by atoms with Crippen molar-refractivity contribution in [2.45, 2.75) is 0 Å². The summed E-state index contributed by atoms with van der Waals surface area (Å²) in [6.45, 7) is 0.0347. The molecular formula is C18H15BrCl2O6. The Morgan fingerprint density at radius 1 is 1.11 bits per heavy atom. The summed E-state index contributed by atoms with van der Waals surface area (Å²) in [6.07, 6.45) is 0. The summed E-state index contributed by atoms with van der Waals surface area (Å²) < 4.78 is 20.9. The number of carbonyl (C=O) groups excluding carboxylic acids is 2. The molecule has 0 bridgehead atoms. The van der Waals surface area contributed by atoms with Crippen LogP contribution in [0.25, 0.3) is 0 Å². The molecule has 6 nitrogen and oxygen atoms in total. The number of esters is 2. The summed E-state index contributed by atoms with van der Waals surface area (Å²) in [5, 5.41) is 0.680. The molecule has 9 heteroatoms. The second-order valence-electron chi connectivity index (χ2n) is 5.12. The molecule has 2 rings (SSSR count). The molecule has 0 spiro atoms. The number of hydrogen-bond acceptors (Lipinski definition) is 6. The minimum absolute atomic E-state index is 0.129. The van der Waals surface area contributed by atoms with Gasteiger partial charge in [-0.1, -0.05) is 29.3 Å². The van der Waals surface area contributed by atoms with Gasteiger partial charge >= 0.3 is 11.9 Å². The third kappa shape index (κ3) is 6.70. The van der Waals surface area contributed by atoms with Crippen LogP contribution in [0.4, 0.5) is 0 Å². The van der Waals surface area contributed by atoms with Crippen molar-refractivity contribution in [3.05, 3.63) is 56.5 Å². The number of rotatable bonds is 8. The van der Waals surface area contributed by atoms with Gasteiger partial charge in [0, 0.05) is 12.1 Å². The van der Waals surface area contributed by atoms with E-state index in [0.717, 1.165) is 0 Å². The highest BCUT2D eigenvalue weighted by Crippen LogP contribution is 2.36. The zero-order valence-electron chi connectivity index (χ0n) is 14.2. The van der Waals surface area contributed by atoms with Crippen molar-refractivity contribution in [2.24, 2.45) is 0 Å². The van der Waals surface area contributed by atoms with Crippen LogP contribution in [0.15, 0.2) is 40.9 Å². The van der Waals surface area contributed by atoms with E-state index in [4.69, 9.17) is 42.1 Å². The summed E-state index contributed by atoms with van der Waals surface area (Å²) in [6, 6.07) is 9.14. The lowest BCUT2D eigenvalue weighted by Gasteiger charge is -2.11. The summed E-state index contributed by atoms with van der Waals surface area (Å²) in [4.78, 5) is 23.9. The fourth-order valence-electron chi connectivity index (χ4n) is 1.95. The number of carbonyl (C=O) groups is 2. The smallest absolute Gasteiger partial charge is 0.349 e. The molecule has 0 fully saturated rings. The number of halogens is 3. The maximum atomic E-state index is 12.0. The van der Waals surface area contributed by atoms with Gasteiger partial charge in [0.1, 0.15) is 12.4 Å². The largest absolute Gasteiger partial charge is 0.479 e. The first-order chi connectivity index (χ1) is 12.9. The van der Waals surface area contributed by atoms with Gasteiger partial charge in [-0.3, -0.25) is 0 Å². The molecule has 0 saturated heterocycles. The molecule has 144 valence electrons. The Morgan fingerprint density at radius 2 is 1.89 bits per heavy atom. The van der Waals surface area contributed by atoms with Gasteiger partial charge in [-0.15, -0.1) is 0 Å².